The average molecular weight is 268 g/mol. The number of aromatic nitrogens is 4. The van der Waals surface area contributed by atoms with Crippen molar-refractivity contribution in [2.45, 2.75) is 10.9 Å². The number of aromatic carboxylic acids is 1. The van der Waals surface area contributed by atoms with Gasteiger partial charge in [0.25, 0.3) is 0 Å². The van der Waals surface area contributed by atoms with E-state index >= 15 is 0 Å². The second-order valence-electron chi connectivity index (χ2n) is 3.46. The van der Waals surface area contributed by atoms with Crippen molar-refractivity contribution in [1.82, 2.24) is 20.2 Å². The summed E-state index contributed by atoms with van der Waals surface area (Å²) in [5.41, 5.74) is -0.0212. The van der Waals surface area contributed by atoms with Crippen molar-refractivity contribution in [2.24, 2.45) is 7.05 Å². The molecule has 6 nitrogen and oxygen atoms in total. The molecule has 8 heteroatoms. The Bertz CT molecular complexity index is 587. The highest BCUT2D eigenvalue weighted by Crippen LogP contribution is 2.22. The lowest BCUT2D eigenvalue weighted by Gasteiger charge is -2.04. The van der Waals surface area contributed by atoms with E-state index in [0.29, 0.717) is 10.7 Å². The van der Waals surface area contributed by atoms with E-state index in [2.05, 4.69) is 15.5 Å². The molecular formula is C10H9FN4O2S. The average Bonchev–Trinajstić information content (AvgIpc) is 2.73. The van der Waals surface area contributed by atoms with Gasteiger partial charge in [0, 0.05) is 12.8 Å². The largest absolute Gasteiger partial charge is 0.478 e. The molecule has 18 heavy (non-hydrogen) atoms. The van der Waals surface area contributed by atoms with Crippen molar-refractivity contribution >= 4 is 17.7 Å². The maximum Gasteiger partial charge on any atom is 0.338 e. The number of hydrogen-bond donors (Lipinski definition) is 1. The molecule has 1 aromatic heterocycles. The smallest absolute Gasteiger partial charge is 0.338 e. The molecule has 0 bridgehead atoms. The van der Waals surface area contributed by atoms with Crippen LogP contribution in [-0.4, -0.2) is 31.3 Å². The summed E-state index contributed by atoms with van der Waals surface area (Å²) in [6.45, 7) is 0. The Kier molecular flexibility index (Phi) is 3.56. The van der Waals surface area contributed by atoms with Gasteiger partial charge in [-0.05, 0) is 22.1 Å². The first-order chi connectivity index (χ1) is 8.59. The fraction of sp³-hybridized carbons (Fsp3) is 0.200. The van der Waals surface area contributed by atoms with E-state index in [-0.39, 0.29) is 11.3 Å². The fourth-order valence-electron chi connectivity index (χ4n) is 1.34. The van der Waals surface area contributed by atoms with Gasteiger partial charge < -0.3 is 5.11 Å². The van der Waals surface area contributed by atoms with E-state index < -0.39 is 11.8 Å². The van der Waals surface area contributed by atoms with Gasteiger partial charge in [-0.2, -0.15) is 0 Å². The molecule has 0 unspecified atom stereocenters. The van der Waals surface area contributed by atoms with Gasteiger partial charge in [-0.15, -0.1) is 5.10 Å². The van der Waals surface area contributed by atoms with Gasteiger partial charge in [0.1, 0.15) is 5.82 Å². The standard InChI is InChI=1S/C10H9FN4O2S/c1-15-10(12-13-14-15)18-5-6-3-2-4-7(8(6)11)9(16)17/h2-4H,5H2,1H3,(H,16,17). The molecule has 0 amide bonds. The van der Waals surface area contributed by atoms with Crippen molar-refractivity contribution < 1.29 is 14.3 Å². The number of hydrogen-bond acceptors (Lipinski definition) is 5. The Hall–Kier alpha value is -1.96. The molecule has 0 aliphatic heterocycles. The second kappa shape index (κ2) is 5.13. The number of rotatable bonds is 4. The van der Waals surface area contributed by atoms with Crippen molar-refractivity contribution in [1.29, 1.82) is 0 Å². The van der Waals surface area contributed by atoms with E-state index in [0.717, 1.165) is 0 Å². The normalized spacial score (nSPS) is 10.6. The first kappa shape index (κ1) is 12.5. The molecular weight excluding hydrogens is 259 g/mol. The van der Waals surface area contributed by atoms with E-state index in [1.165, 1.54) is 28.6 Å². The SMILES string of the molecule is Cn1nnnc1SCc1cccc(C(=O)O)c1F. The number of tetrazole rings is 1. The van der Waals surface area contributed by atoms with Crippen LogP contribution in [0.5, 0.6) is 0 Å². The Morgan fingerprint density at radius 1 is 1.56 bits per heavy atom. The molecule has 0 fully saturated rings. The molecule has 1 aromatic carbocycles. The van der Waals surface area contributed by atoms with Crippen LogP contribution in [0.1, 0.15) is 15.9 Å². The van der Waals surface area contributed by atoms with Crippen molar-refractivity contribution in [3.63, 3.8) is 0 Å². The van der Waals surface area contributed by atoms with Crippen LogP contribution in [-0.2, 0) is 12.8 Å². The zero-order valence-electron chi connectivity index (χ0n) is 9.37. The third kappa shape index (κ3) is 2.48. The molecule has 0 saturated carbocycles. The predicted molar refractivity (Wildman–Crippen MR) is 61.7 cm³/mol. The highest BCUT2D eigenvalue weighted by molar-refractivity contribution is 7.98. The summed E-state index contributed by atoms with van der Waals surface area (Å²) >= 11 is 1.24. The van der Waals surface area contributed by atoms with Crippen LogP contribution < -0.4 is 0 Å². The van der Waals surface area contributed by atoms with Crippen LogP contribution in [0.2, 0.25) is 0 Å². The third-order valence-electron chi connectivity index (χ3n) is 2.25. The highest BCUT2D eigenvalue weighted by Gasteiger charge is 2.14. The van der Waals surface area contributed by atoms with Gasteiger partial charge in [0.15, 0.2) is 0 Å². The minimum atomic E-state index is -1.28. The Labute approximate surface area is 106 Å². The highest BCUT2D eigenvalue weighted by atomic mass is 32.2. The van der Waals surface area contributed by atoms with Crippen LogP contribution in [0, 0.1) is 5.82 Å². The van der Waals surface area contributed by atoms with Gasteiger partial charge in [0.05, 0.1) is 5.56 Å². The minimum absolute atomic E-state index is 0.265. The van der Waals surface area contributed by atoms with E-state index in [1.807, 2.05) is 0 Å². The number of aryl methyl sites for hydroxylation is 1. The van der Waals surface area contributed by atoms with Crippen LogP contribution in [0.3, 0.4) is 0 Å². The molecule has 1 N–H and O–H groups in total. The molecule has 94 valence electrons. The number of carboxylic acids is 1. The summed E-state index contributed by atoms with van der Waals surface area (Å²) in [7, 11) is 1.67. The zero-order valence-corrected chi connectivity index (χ0v) is 10.2. The van der Waals surface area contributed by atoms with E-state index in [1.54, 1.807) is 13.1 Å². The Morgan fingerprint density at radius 2 is 2.33 bits per heavy atom. The lowest BCUT2D eigenvalue weighted by atomic mass is 10.1. The van der Waals surface area contributed by atoms with Gasteiger partial charge in [-0.3, -0.25) is 0 Å². The third-order valence-corrected chi connectivity index (χ3v) is 3.31. The quantitative estimate of drug-likeness (QED) is 0.843. The van der Waals surface area contributed by atoms with Crippen molar-refractivity contribution in [2.75, 3.05) is 0 Å². The predicted octanol–water partition coefficient (Wildman–Crippen LogP) is 1.34. The number of nitrogens with zero attached hydrogens (tertiary/aromatic N) is 4. The molecule has 2 aromatic rings. The maximum absolute atomic E-state index is 13.8. The monoisotopic (exact) mass is 268 g/mol. The summed E-state index contributed by atoms with van der Waals surface area (Å²) < 4.78 is 15.3. The number of halogens is 1. The summed E-state index contributed by atoms with van der Waals surface area (Å²) in [5.74, 6) is -1.73. The fourth-order valence-corrected chi connectivity index (χ4v) is 2.17. The molecule has 0 saturated heterocycles. The lowest BCUT2D eigenvalue weighted by Crippen LogP contribution is -2.03. The minimum Gasteiger partial charge on any atom is -0.478 e. The topological polar surface area (TPSA) is 80.9 Å². The van der Waals surface area contributed by atoms with Crippen LogP contribution in [0.4, 0.5) is 4.39 Å². The molecule has 0 aliphatic rings. The van der Waals surface area contributed by atoms with Crippen molar-refractivity contribution in [3.05, 3.63) is 35.1 Å². The summed E-state index contributed by atoms with van der Waals surface area (Å²) in [5, 5.41) is 20.2. The van der Waals surface area contributed by atoms with Gasteiger partial charge in [0.2, 0.25) is 5.16 Å². The summed E-state index contributed by atoms with van der Waals surface area (Å²) in [6.07, 6.45) is 0. The Morgan fingerprint density at radius 3 is 2.94 bits per heavy atom. The first-order valence-electron chi connectivity index (χ1n) is 4.95. The molecule has 0 aliphatic carbocycles. The molecule has 1 heterocycles. The lowest BCUT2D eigenvalue weighted by molar-refractivity contribution is 0.0691. The Balaban J connectivity index is 2.17. The first-order valence-corrected chi connectivity index (χ1v) is 5.94. The summed E-state index contributed by atoms with van der Waals surface area (Å²) in [4.78, 5) is 10.8. The molecule has 0 radical (unpaired) electrons. The van der Waals surface area contributed by atoms with Gasteiger partial charge in [-0.25, -0.2) is 13.9 Å². The number of thioether (sulfide) groups is 1. The number of carboxylic acid groups (broad SMARTS) is 1. The molecule has 0 spiro atoms. The van der Waals surface area contributed by atoms with Crippen LogP contribution in [0.15, 0.2) is 23.4 Å². The van der Waals surface area contributed by atoms with Crippen LogP contribution >= 0.6 is 11.8 Å². The summed E-state index contributed by atoms with van der Waals surface area (Å²) in [6, 6.07) is 4.28. The molecule has 0 atom stereocenters. The van der Waals surface area contributed by atoms with E-state index in [4.69, 9.17) is 5.11 Å². The number of carbonyl (C=O) groups is 1. The zero-order chi connectivity index (χ0) is 13.1. The van der Waals surface area contributed by atoms with Crippen molar-refractivity contribution in [3.8, 4) is 0 Å². The van der Waals surface area contributed by atoms with Gasteiger partial charge >= 0.3 is 5.97 Å². The number of benzene rings is 1. The molecule has 2 rings (SSSR count). The van der Waals surface area contributed by atoms with Crippen LogP contribution in [0.25, 0.3) is 0 Å². The van der Waals surface area contributed by atoms with Gasteiger partial charge in [-0.1, -0.05) is 23.9 Å². The second-order valence-corrected chi connectivity index (χ2v) is 4.40. The maximum atomic E-state index is 13.8. The van der Waals surface area contributed by atoms with E-state index in [9.17, 15) is 9.18 Å².